The zero-order valence-electron chi connectivity index (χ0n) is 25.3. The Kier molecular flexibility index (Phi) is 14.4. The molecule has 4 aromatic rings. The van der Waals surface area contributed by atoms with Crippen LogP contribution in [0.25, 0.3) is 35.4 Å². The number of hydrogen-bond acceptors (Lipinski definition) is 9. The van der Waals surface area contributed by atoms with Crippen molar-refractivity contribution in [3.05, 3.63) is 126 Å². The summed E-state index contributed by atoms with van der Waals surface area (Å²) in [5.74, 6) is 0. The van der Waals surface area contributed by atoms with Crippen molar-refractivity contribution in [1.29, 1.82) is 0 Å². The monoisotopic (exact) mass is 652 g/mol. The fourth-order valence-electron chi connectivity index (χ4n) is 4.52. The van der Waals surface area contributed by atoms with Crippen LogP contribution in [0.4, 0.5) is 5.69 Å². The molecule has 4 unspecified atom stereocenters. The van der Waals surface area contributed by atoms with E-state index < -0.39 is 41.1 Å². The Bertz CT molecular complexity index is 1680. The summed E-state index contributed by atoms with van der Waals surface area (Å²) in [6.45, 7) is -0.636. The Morgan fingerprint density at radius 1 is 0.696 bits per heavy atom. The quantitative estimate of drug-likeness (QED) is 0.0768. The van der Waals surface area contributed by atoms with Gasteiger partial charge in [-0.1, -0.05) is 97.1 Å². The van der Waals surface area contributed by atoms with Crippen LogP contribution in [-0.2, 0) is 14.9 Å². The molecule has 11 heteroatoms. The number of aliphatic hydroxyl groups excluding tert-OH is 4. The predicted octanol–water partition coefficient (Wildman–Crippen LogP) is 1.27. The Balaban J connectivity index is 0.00000576. The van der Waals surface area contributed by atoms with Crippen LogP contribution in [0.15, 0.2) is 102 Å². The van der Waals surface area contributed by atoms with Gasteiger partial charge in [-0.25, -0.2) is 8.42 Å². The van der Waals surface area contributed by atoms with Crippen molar-refractivity contribution in [3.63, 3.8) is 0 Å². The molecule has 4 rings (SSSR count). The molecule has 1 radical (unpaired) electrons. The van der Waals surface area contributed by atoms with E-state index in [1.165, 1.54) is 12.1 Å². The summed E-state index contributed by atoms with van der Waals surface area (Å²) in [4.78, 5) is -0.250. The topological polar surface area (TPSA) is 159 Å². The fourth-order valence-corrected chi connectivity index (χ4v) is 4.99. The van der Waals surface area contributed by atoms with Gasteiger partial charge in [0.25, 0.3) is 0 Å². The molecule has 0 amide bonds. The number of anilines is 1. The fraction of sp³-hybridized carbons (Fsp3) is 0.171. The molecule has 0 saturated heterocycles. The average molecular weight is 653 g/mol. The Hall–Kier alpha value is -3.13. The SMILES string of the molecule is [CH2]OC(C(O)CO)C(O)C(O)CNc1ccc(/C=C/c2ccc(-c3ccc(/C=C/c4ccc(S(=O)(=O)[O-])cc4)cc3)cc2)cc1.[Na+]. The van der Waals surface area contributed by atoms with Crippen molar-refractivity contribution in [3.8, 4) is 11.1 Å². The van der Waals surface area contributed by atoms with Crippen LogP contribution in [0.5, 0.6) is 0 Å². The molecule has 235 valence electrons. The van der Waals surface area contributed by atoms with Gasteiger partial charge in [0.2, 0.25) is 0 Å². The summed E-state index contributed by atoms with van der Waals surface area (Å²) in [6.07, 6.45) is 2.45. The van der Waals surface area contributed by atoms with E-state index in [9.17, 15) is 28.3 Å². The first kappa shape index (κ1) is 37.3. The largest absolute Gasteiger partial charge is 1.00 e. The molecule has 4 aromatic carbocycles. The summed E-state index contributed by atoms with van der Waals surface area (Å²) in [5.41, 5.74) is 6.62. The average Bonchev–Trinajstić information content (AvgIpc) is 3.06. The summed E-state index contributed by atoms with van der Waals surface area (Å²) in [5, 5.41) is 42.2. The van der Waals surface area contributed by atoms with Gasteiger partial charge in [0.05, 0.1) is 24.7 Å². The molecule has 0 heterocycles. The van der Waals surface area contributed by atoms with E-state index in [0.29, 0.717) is 0 Å². The van der Waals surface area contributed by atoms with E-state index in [0.717, 1.165) is 39.1 Å². The number of nitrogens with one attached hydrogen (secondary N) is 1. The molecule has 0 aliphatic heterocycles. The molecule has 9 nitrogen and oxygen atoms in total. The van der Waals surface area contributed by atoms with Gasteiger partial charge in [0, 0.05) is 12.2 Å². The number of ether oxygens (including phenoxy) is 1. The zero-order chi connectivity index (χ0) is 32.4. The van der Waals surface area contributed by atoms with Crippen LogP contribution in [0.1, 0.15) is 22.3 Å². The number of rotatable bonds is 14. The maximum atomic E-state index is 11.1. The third-order valence-corrected chi connectivity index (χ3v) is 8.03. The minimum atomic E-state index is -4.46. The van der Waals surface area contributed by atoms with E-state index in [-0.39, 0.29) is 41.0 Å². The molecule has 0 fully saturated rings. The number of aliphatic hydroxyl groups is 4. The van der Waals surface area contributed by atoms with Gasteiger partial charge in [-0.2, -0.15) is 0 Å². The molecule has 46 heavy (non-hydrogen) atoms. The van der Waals surface area contributed by atoms with Crippen molar-refractivity contribution in [2.75, 3.05) is 18.5 Å². The van der Waals surface area contributed by atoms with Gasteiger partial charge in [0.1, 0.15) is 28.4 Å². The molecule has 0 saturated carbocycles. The Labute approximate surface area is 291 Å². The Morgan fingerprint density at radius 2 is 1.09 bits per heavy atom. The van der Waals surface area contributed by atoms with Gasteiger partial charge >= 0.3 is 29.6 Å². The molecular formula is C35H35NNaO8S. The van der Waals surface area contributed by atoms with Gasteiger partial charge in [-0.15, -0.1) is 0 Å². The Morgan fingerprint density at radius 3 is 1.46 bits per heavy atom. The van der Waals surface area contributed by atoms with Gasteiger partial charge in [0.15, 0.2) is 0 Å². The van der Waals surface area contributed by atoms with Crippen LogP contribution < -0.4 is 34.9 Å². The normalized spacial score (nSPS) is 14.5. The first-order valence-electron chi connectivity index (χ1n) is 14.1. The first-order chi connectivity index (χ1) is 21.6. The van der Waals surface area contributed by atoms with Crippen molar-refractivity contribution in [1.82, 2.24) is 0 Å². The van der Waals surface area contributed by atoms with Crippen LogP contribution in [0.3, 0.4) is 0 Å². The second-order valence-corrected chi connectivity index (χ2v) is 11.8. The molecule has 0 aliphatic carbocycles. The van der Waals surface area contributed by atoms with Crippen LogP contribution in [0.2, 0.25) is 0 Å². The van der Waals surface area contributed by atoms with Crippen LogP contribution in [-0.4, -0.2) is 71.0 Å². The van der Waals surface area contributed by atoms with Gasteiger partial charge in [-0.05, 0) is 57.6 Å². The molecule has 0 bridgehead atoms. The summed E-state index contributed by atoms with van der Waals surface area (Å²) >= 11 is 0. The van der Waals surface area contributed by atoms with E-state index in [4.69, 9.17) is 9.84 Å². The minimum absolute atomic E-state index is 0. The minimum Gasteiger partial charge on any atom is -0.744 e. The van der Waals surface area contributed by atoms with Crippen molar-refractivity contribution < 1.29 is 67.7 Å². The molecule has 5 N–H and O–H groups in total. The maximum absolute atomic E-state index is 11.1. The second-order valence-electron chi connectivity index (χ2n) is 10.4. The van der Waals surface area contributed by atoms with Crippen LogP contribution in [0, 0.1) is 7.11 Å². The third kappa shape index (κ3) is 10.7. The smallest absolute Gasteiger partial charge is 0.744 e. The van der Waals surface area contributed by atoms with E-state index >= 15 is 0 Å². The first-order valence-corrected chi connectivity index (χ1v) is 15.5. The summed E-state index contributed by atoms with van der Waals surface area (Å²) < 4.78 is 38.0. The number of hydrogen-bond donors (Lipinski definition) is 5. The number of benzene rings is 4. The maximum Gasteiger partial charge on any atom is 1.00 e. The third-order valence-electron chi connectivity index (χ3n) is 7.18. The van der Waals surface area contributed by atoms with Gasteiger partial charge in [-0.3, -0.25) is 0 Å². The van der Waals surface area contributed by atoms with Crippen molar-refractivity contribution in [2.45, 2.75) is 29.3 Å². The standard InChI is InChI=1S/C35H36NO8S.Na/c1-44-35(33(39)23-37)34(40)32(38)22-36-30-18-10-26(11-19-30)4-2-24-6-14-28(15-7-24)29-16-8-25(9-17-29)3-5-27-12-20-31(21-13-27)45(41,42)43;/h2-21,32-40H,1,22-23H2,(H,41,42,43);/q;+1/p-1/b4-2+,5-3+;. The molecular weight excluding hydrogens is 617 g/mol. The summed E-state index contributed by atoms with van der Waals surface area (Å²) in [7, 11) is -1.28. The molecule has 0 aromatic heterocycles. The van der Waals surface area contributed by atoms with Crippen molar-refractivity contribution in [2.24, 2.45) is 0 Å². The van der Waals surface area contributed by atoms with E-state index in [1.54, 1.807) is 12.1 Å². The summed E-state index contributed by atoms with van der Waals surface area (Å²) in [6, 6.07) is 29.5. The molecule has 0 aliphatic rings. The van der Waals surface area contributed by atoms with Crippen LogP contribution >= 0.6 is 0 Å². The van der Waals surface area contributed by atoms with Gasteiger partial charge < -0.3 is 35.0 Å². The van der Waals surface area contributed by atoms with E-state index in [2.05, 4.69) is 12.4 Å². The predicted molar refractivity (Wildman–Crippen MR) is 174 cm³/mol. The second kappa shape index (κ2) is 17.7. The zero-order valence-corrected chi connectivity index (χ0v) is 28.1. The van der Waals surface area contributed by atoms with Crippen molar-refractivity contribution >= 4 is 40.1 Å². The molecule has 0 spiro atoms. The van der Waals surface area contributed by atoms with E-state index in [1.807, 2.05) is 97.1 Å². The molecule has 4 atom stereocenters.